The molecule has 1 N–H and O–H groups in total. The van der Waals surface area contributed by atoms with Crippen LogP contribution in [0.2, 0.25) is 0 Å². The van der Waals surface area contributed by atoms with Gasteiger partial charge in [0.25, 0.3) is 0 Å². The Bertz CT molecular complexity index is 612. The van der Waals surface area contributed by atoms with Crippen molar-refractivity contribution in [3.8, 4) is 11.5 Å². The third kappa shape index (κ3) is 3.42. The molecule has 0 radical (unpaired) electrons. The van der Waals surface area contributed by atoms with E-state index in [1.165, 1.54) is 10.4 Å². The van der Waals surface area contributed by atoms with Gasteiger partial charge in [-0.2, -0.15) is 0 Å². The van der Waals surface area contributed by atoms with Crippen molar-refractivity contribution < 1.29 is 9.47 Å². The fourth-order valence-corrected chi connectivity index (χ4v) is 3.84. The second-order valence-electron chi connectivity index (χ2n) is 4.69. The van der Waals surface area contributed by atoms with Crippen molar-refractivity contribution in [1.82, 2.24) is 5.32 Å². The van der Waals surface area contributed by atoms with E-state index in [-0.39, 0.29) is 6.04 Å². The van der Waals surface area contributed by atoms with Crippen LogP contribution < -0.4 is 14.8 Å². The molecule has 0 saturated carbocycles. The maximum Gasteiger partial charge on any atom is 0.133 e. The first-order chi connectivity index (χ1) is 10.1. The van der Waals surface area contributed by atoms with Gasteiger partial charge < -0.3 is 14.8 Å². The first-order valence-corrected chi connectivity index (χ1v) is 8.48. The Kier molecular flexibility index (Phi) is 5.67. The number of halogens is 1. The summed E-state index contributed by atoms with van der Waals surface area (Å²) >= 11 is 5.27. The highest BCUT2D eigenvalue weighted by atomic mass is 79.9. The van der Waals surface area contributed by atoms with Gasteiger partial charge in [-0.25, -0.2) is 0 Å². The van der Waals surface area contributed by atoms with Crippen molar-refractivity contribution in [2.24, 2.45) is 0 Å². The van der Waals surface area contributed by atoms with Crippen LogP contribution in [0.25, 0.3) is 0 Å². The third-order valence-electron chi connectivity index (χ3n) is 3.39. The van der Waals surface area contributed by atoms with Gasteiger partial charge in [0.2, 0.25) is 0 Å². The fourth-order valence-electron chi connectivity index (χ4n) is 2.34. The monoisotopic (exact) mass is 369 g/mol. The first-order valence-electron chi connectivity index (χ1n) is 6.81. The molecule has 0 aliphatic carbocycles. The lowest BCUT2D eigenvalue weighted by Gasteiger charge is -2.22. The van der Waals surface area contributed by atoms with Gasteiger partial charge in [-0.15, -0.1) is 11.3 Å². The van der Waals surface area contributed by atoms with Crippen LogP contribution in [0.1, 0.15) is 29.0 Å². The topological polar surface area (TPSA) is 30.5 Å². The molecule has 0 saturated heterocycles. The number of nitrogens with one attached hydrogen (secondary N) is 1. The number of aryl methyl sites for hydroxylation is 1. The number of benzene rings is 1. The summed E-state index contributed by atoms with van der Waals surface area (Å²) in [5, 5.41) is 5.67. The van der Waals surface area contributed by atoms with Crippen molar-refractivity contribution in [3.63, 3.8) is 0 Å². The van der Waals surface area contributed by atoms with E-state index in [0.717, 1.165) is 28.1 Å². The van der Waals surface area contributed by atoms with Crippen LogP contribution >= 0.6 is 27.3 Å². The van der Waals surface area contributed by atoms with Crippen LogP contribution in [-0.4, -0.2) is 20.8 Å². The molecule has 0 aliphatic rings. The molecular formula is C16H20BrNO2S. The minimum Gasteiger partial charge on any atom is -0.496 e. The molecule has 1 atom stereocenters. The third-order valence-corrected chi connectivity index (χ3v) is 5.09. The Balaban J connectivity index is 2.56. The normalized spacial score (nSPS) is 12.2. The minimum absolute atomic E-state index is 0.104. The number of ether oxygens (including phenoxy) is 2. The SMILES string of the molecule is CCNC(c1cc(OC)c(Br)cc1OC)c1sccc1C. The molecule has 2 rings (SSSR count). The van der Waals surface area contributed by atoms with Gasteiger partial charge in [0.1, 0.15) is 11.5 Å². The van der Waals surface area contributed by atoms with E-state index >= 15 is 0 Å². The summed E-state index contributed by atoms with van der Waals surface area (Å²) in [7, 11) is 3.37. The van der Waals surface area contributed by atoms with Crippen LogP contribution in [0.15, 0.2) is 28.1 Å². The van der Waals surface area contributed by atoms with Crippen molar-refractivity contribution >= 4 is 27.3 Å². The standard InChI is InChI=1S/C16H20BrNO2S/c1-5-18-15(16-10(2)6-7-21-16)11-8-14(20-4)12(17)9-13(11)19-3/h6-9,15,18H,5H2,1-4H3. The fraction of sp³-hybridized carbons (Fsp3) is 0.375. The molecule has 3 nitrogen and oxygen atoms in total. The lowest BCUT2D eigenvalue weighted by Crippen LogP contribution is -2.22. The predicted octanol–water partition coefficient (Wildman–Crippen LogP) is 4.54. The molecular weight excluding hydrogens is 350 g/mol. The average molecular weight is 370 g/mol. The highest BCUT2D eigenvalue weighted by Crippen LogP contribution is 2.39. The molecule has 5 heteroatoms. The number of hydrogen-bond acceptors (Lipinski definition) is 4. The second-order valence-corrected chi connectivity index (χ2v) is 6.49. The van der Waals surface area contributed by atoms with Crippen molar-refractivity contribution in [2.75, 3.05) is 20.8 Å². The van der Waals surface area contributed by atoms with Crippen molar-refractivity contribution in [2.45, 2.75) is 19.9 Å². The summed E-state index contributed by atoms with van der Waals surface area (Å²) in [5.41, 5.74) is 2.37. The Morgan fingerprint density at radius 1 is 1.24 bits per heavy atom. The highest BCUT2D eigenvalue weighted by Gasteiger charge is 2.22. The molecule has 0 amide bonds. The lowest BCUT2D eigenvalue weighted by atomic mass is 10.0. The van der Waals surface area contributed by atoms with E-state index in [0.29, 0.717) is 0 Å². The maximum absolute atomic E-state index is 5.57. The molecule has 0 bridgehead atoms. The molecule has 1 aromatic carbocycles. The van der Waals surface area contributed by atoms with Gasteiger partial charge in [-0.3, -0.25) is 0 Å². The zero-order chi connectivity index (χ0) is 15.4. The zero-order valence-corrected chi connectivity index (χ0v) is 15.1. The number of thiophene rings is 1. The Morgan fingerprint density at radius 3 is 2.48 bits per heavy atom. The van der Waals surface area contributed by atoms with Gasteiger partial charge in [0.15, 0.2) is 0 Å². The van der Waals surface area contributed by atoms with Gasteiger partial charge in [-0.1, -0.05) is 6.92 Å². The Morgan fingerprint density at radius 2 is 1.95 bits per heavy atom. The van der Waals surface area contributed by atoms with Crippen LogP contribution in [0, 0.1) is 6.92 Å². The largest absolute Gasteiger partial charge is 0.496 e. The summed E-state index contributed by atoms with van der Waals surface area (Å²) in [6.07, 6.45) is 0. The zero-order valence-electron chi connectivity index (χ0n) is 12.7. The van der Waals surface area contributed by atoms with E-state index in [4.69, 9.17) is 9.47 Å². The van der Waals surface area contributed by atoms with Crippen LogP contribution in [-0.2, 0) is 0 Å². The van der Waals surface area contributed by atoms with E-state index in [1.807, 2.05) is 12.1 Å². The summed E-state index contributed by atoms with van der Waals surface area (Å²) < 4.78 is 11.9. The average Bonchev–Trinajstić information content (AvgIpc) is 2.90. The molecule has 0 fully saturated rings. The van der Waals surface area contributed by atoms with Crippen LogP contribution in [0.5, 0.6) is 11.5 Å². The molecule has 1 heterocycles. The van der Waals surface area contributed by atoms with Gasteiger partial charge in [0.05, 0.1) is 24.7 Å². The van der Waals surface area contributed by atoms with Gasteiger partial charge >= 0.3 is 0 Å². The van der Waals surface area contributed by atoms with E-state index in [2.05, 4.69) is 46.5 Å². The quantitative estimate of drug-likeness (QED) is 0.810. The number of hydrogen-bond donors (Lipinski definition) is 1. The van der Waals surface area contributed by atoms with Crippen LogP contribution in [0.4, 0.5) is 0 Å². The first kappa shape index (κ1) is 16.3. The summed E-state index contributed by atoms with van der Waals surface area (Å²) in [5.74, 6) is 1.66. The molecule has 114 valence electrons. The molecule has 21 heavy (non-hydrogen) atoms. The number of rotatable bonds is 6. The Hall–Kier alpha value is -1.04. The van der Waals surface area contributed by atoms with E-state index < -0.39 is 0 Å². The lowest BCUT2D eigenvalue weighted by molar-refractivity contribution is 0.392. The van der Waals surface area contributed by atoms with Gasteiger partial charge in [-0.05, 0) is 58.5 Å². The smallest absolute Gasteiger partial charge is 0.133 e. The second kappa shape index (κ2) is 7.29. The summed E-state index contributed by atoms with van der Waals surface area (Å²) in [6, 6.07) is 6.25. The summed E-state index contributed by atoms with van der Waals surface area (Å²) in [4.78, 5) is 1.31. The molecule has 0 aliphatic heterocycles. The van der Waals surface area contributed by atoms with E-state index in [9.17, 15) is 0 Å². The molecule has 1 unspecified atom stereocenters. The Labute approximate surface area is 138 Å². The molecule has 0 spiro atoms. The molecule has 1 aromatic heterocycles. The van der Waals surface area contributed by atoms with Crippen molar-refractivity contribution in [3.05, 3.63) is 44.1 Å². The minimum atomic E-state index is 0.104. The van der Waals surface area contributed by atoms with E-state index in [1.54, 1.807) is 25.6 Å². The van der Waals surface area contributed by atoms with Crippen LogP contribution in [0.3, 0.4) is 0 Å². The highest BCUT2D eigenvalue weighted by molar-refractivity contribution is 9.10. The maximum atomic E-state index is 5.57. The molecule has 2 aromatic rings. The predicted molar refractivity (Wildman–Crippen MR) is 91.8 cm³/mol. The van der Waals surface area contributed by atoms with Crippen molar-refractivity contribution in [1.29, 1.82) is 0 Å². The summed E-state index contributed by atoms with van der Waals surface area (Å²) in [6.45, 7) is 5.13. The number of methoxy groups -OCH3 is 2. The van der Waals surface area contributed by atoms with Gasteiger partial charge in [0, 0.05) is 10.4 Å².